The molecule has 0 aliphatic carbocycles. The van der Waals surface area contributed by atoms with Gasteiger partial charge in [0.25, 0.3) is 11.1 Å². The van der Waals surface area contributed by atoms with Crippen LogP contribution in [0.25, 0.3) is 0 Å². The molecule has 0 radical (unpaired) electrons. The van der Waals surface area contributed by atoms with E-state index >= 15 is 0 Å². The third kappa shape index (κ3) is 4.89. The van der Waals surface area contributed by atoms with Gasteiger partial charge >= 0.3 is 17.8 Å². The number of nitrogens with one attached hydrogen (secondary N) is 1. The number of thioether (sulfide) groups is 2. The van der Waals surface area contributed by atoms with Crippen molar-refractivity contribution < 1.29 is 33.8 Å². The average Bonchev–Trinajstić information content (AvgIpc) is 3.33. The summed E-state index contributed by atoms with van der Waals surface area (Å²) in [7, 11) is 3.08. The highest BCUT2D eigenvalue weighted by atomic mass is 32.2. The Balaban J connectivity index is 1.43. The number of carboxylic acid groups (broad SMARTS) is 1. The Kier molecular flexibility index (Phi) is 7.23. The van der Waals surface area contributed by atoms with Crippen LogP contribution in [0.1, 0.15) is 22.3 Å². The molecular formula is C21H22N6O7S2. The molecule has 2 aliphatic heterocycles. The number of nitrogens with two attached hydrogens (primary N) is 1. The van der Waals surface area contributed by atoms with Crippen LogP contribution < -0.4 is 11.1 Å². The summed E-state index contributed by atoms with van der Waals surface area (Å²) in [4.78, 5) is 51.8. The average molecular weight is 535 g/mol. The first-order valence-corrected chi connectivity index (χ1v) is 12.5. The number of aromatic nitrogens is 2. The predicted molar refractivity (Wildman–Crippen MR) is 128 cm³/mol. The molecule has 2 aromatic rings. The van der Waals surface area contributed by atoms with Gasteiger partial charge in [0.1, 0.15) is 28.9 Å². The zero-order valence-corrected chi connectivity index (χ0v) is 20.7. The minimum Gasteiger partial charge on any atom is -0.508 e. The molecule has 1 aromatic heterocycles. The number of aliphatic carboxylic acids is 1. The molecule has 1 saturated heterocycles. The fourth-order valence-corrected chi connectivity index (χ4v) is 5.81. The highest BCUT2D eigenvalue weighted by molar-refractivity contribution is 8.01. The van der Waals surface area contributed by atoms with E-state index in [-0.39, 0.29) is 34.1 Å². The minimum atomic E-state index is -1.27. The molecule has 0 saturated carbocycles. The molecule has 2 unspecified atom stereocenters. The van der Waals surface area contributed by atoms with Crippen molar-refractivity contribution >= 4 is 47.2 Å². The molecule has 5 N–H and O–H groups in total. The lowest BCUT2D eigenvalue weighted by molar-refractivity contribution is -0.150. The van der Waals surface area contributed by atoms with Gasteiger partial charge in [0.05, 0.1) is 0 Å². The Labute approximate surface area is 213 Å². The maximum absolute atomic E-state index is 12.8. The fraction of sp³-hybridized carbons (Fsp3) is 0.333. The number of hydrogen-bond donors (Lipinski definition) is 4. The van der Waals surface area contributed by atoms with Crippen molar-refractivity contribution in [3.63, 3.8) is 0 Å². The molecule has 3 heterocycles. The van der Waals surface area contributed by atoms with Gasteiger partial charge in [0, 0.05) is 25.6 Å². The predicted octanol–water partition coefficient (Wildman–Crippen LogP) is 0.00770. The zero-order chi connectivity index (χ0) is 26.1. The van der Waals surface area contributed by atoms with E-state index in [4.69, 9.17) is 10.2 Å². The van der Waals surface area contributed by atoms with E-state index in [0.717, 1.165) is 16.7 Å². The lowest BCUT2D eigenvalue weighted by Crippen LogP contribution is -2.71. The van der Waals surface area contributed by atoms with Crippen LogP contribution in [0.3, 0.4) is 0 Å². The number of aromatic hydroxyl groups is 1. The van der Waals surface area contributed by atoms with Crippen molar-refractivity contribution in [1.29, 1.82) is 0 Å². The maximum atomic E-state index is 12.8. The number of phenolic OH excluding ortho intramolecular Hbond substituents is 1. The van der Waals surface area contributed by atoms with Crippen molar-refractivity contribution in [1.82, 2.24) is 25.3 Å². The lowest BCUT2D eigenvalue weighted by atomic mass is 10.0. The van der Waals surface area contributed by atoms with Gasteiger partial charge in [-0.1, -0.05) is 23.9 Å². The number of nitrogens with zero attached hydrogens (tertiary/aromatic N) is 4. The third-order valence-corrected chi connectivity index (χ3v) is 7.69. The van der Waals surface area contributed by atoms with Gasteiger partial charge in [-0.2, -0.15) is 0 Å². The fourth-order valence-electron chi connectivity index (χ4n) is 3.57. The van der Waals surface area contributed by atoms with E-state index in [0.29, 0.717) is 11.1 Å². The monoisotopic (exact) mass is 534 g/mol. The van der Waals surface area contributed by atoms with E-state index in [2.05, 4.69) is 15.5 Å². The van der Waals surface area contributed by atoms with Crippen molar-refractivity contribution in [3.05, 3.63) is 47.0 Å². The molecule has 0 bridgehead atoms. The van der Waals surface area contributed by atoms with Crippen molar-refractivity contribution in [2.75, 3.05) is 25.6 Å². The third-order valence-electron chi connectivity index (χ3n) is 5.45. The summed E-state index contributed by atoms with van der Waals surface area (Å²) >= 11 is 2.36. The second-order valence-corrected chi connectivity index (χ2v) is 10.1. The van der Waals surface area contributed by atoms with Crippen LogP contribution in [-0.2, 0) is 14.4 Å². The highest BCUT2D eigenvalue weighted by Gasteiger charge is 2.54. The quantitative estimate of drug-likeness (QED) is 0.262. The summed E-state index contributed by atoms with van der Waals surface area (Å²) in [5.41, 5.74) is 6.74. The first-order valence-electron chi connectivity index (χ1n) is 10.5. The van der Waals surface area contributed by atoms with Crippen LogP contribution in [-0.4, -0.2) is 90.9 Å². The number of hydrogen-bond acceptors (Lipinski definition) is 11. The topological polar surface area (TPSA) is 192 Å². The summed E-state index contributed by atoms with van der Waals surface area (Å²) in [6.07, 6.45) is 0. The number of carboxylic acids is 1. The van der Waals surface area contributed by atoms with E-state index < -0.39 is 41.1 Å². The van der Waals surface area contributed by atoms with Gasteiger partial charge in [-0.05, 0) is 23.3 Å². The Morgan fingerprint density at radius 3 is 2.64 bits per heavy atom. The van der Waals surface area contributed by atoms with Crippen molar-refractivity contribution in [3.8, 4) is 5.75 Å². The summed E-state index contributed by atoms with van der Waals surface area (Å²) in [5.74, 6) is -2.61. The van der Waals surface area contributed by atoms with Gasteiger partial charge in [0.15, 0.2) is 0 Å². The second-order valence-electron chi connectivity index (χ2n) is 8.08. The number of carbonyl (C=O) groups is 4. The molecule has 1 fully saturated rings. The molecule has 15 heteroatoms. The minimum absolute atomic E-state index is 0.0262. The number of benzene rings is 1. The zero-order valence-electron chi connectivity index (χ0n) is 19.1. The number of carbonyl (C=O) groups excluding carboxylic acids is 3. The van der Waals surface area contributed by atoms with Gasteiger partial charge in [-0.25, -0.2) is 4.79 Å². The maximum Gasteiger partial charge on any atom is 0.352 e. The van der Waals surface area contributed by atoms with Crippen molar-refractivity contribution in [2.24, 2.45) is 5.73 Å². The largest absolute Gasteiger partial charge is 0.508 e. The Hall–Kier alpha value is -3.56. The van der Waals surface area contributed by atoms with Crippen LogP contribution in [0, 0.1) is 0 Å². The van der Waals surface area contributed by atoms with Gasteiger partial charge in [-0.3, -0.25) is 19.3 Å². The Morgan fingerprint density at radius 1 is 1.31 bits per heavy atom. The normalized spacial score (nSPS) is 19.9. The highest BCUT2D eigenvalue weighted by Crippen LogP contribution is 2.41. The van der Waals surface area contributed by atoms with Gasteiger partial charge in [-0.15, -0.1) is 22.0 Å². The number of phenols is 1. The van der Waals surface area contributed by atoms with Crippen LogP contribution in [0.15, 0.2) is 45.2 Å². The molecule has 13 nitrogen and oxygen atoms in total. The summed E-state index contributed by atoms with van der Waals surface area (Å²) in [6.45, 7) is 0. The van der Waals surface area contributed by atoms with E-state index in [1.807, 2.05) is 0 Å². The van der Waals surface area contributed by atoms with E-state index in [1.165, 1.54) is 40.9 Å². The lowest BCUT2D eigenvalue weighted by Gasteiger charge is -2.49. The molecule has 190 valence electrons. The summed E-state index contributed by atoms with van der Waals surface area (Å²) in [6, 6.07) is 3.80. The standard InChI is InChI=1S/C21H22N6O7S2/c1-26(2)18(31)16-24-25-21(34-16)36-8-10-7-35-19-13(17(30)27(19)14(10)20(32)33)23-15(29)12(22)9-3-5-11(28)6-4-9/h3-6,12-13,19,28H,7-8,22H2,1-2H3,(H,23,29)(H,32,33)/t12?,13?,19-/m0/s1. The number of β-lactam (4-membered cyclic amide) rings is 1. The van der Waals surface area contributed by atoms with E-state index in [1.54, 1.807) is 14.1 Å². The van der Waals surface area contributed by atoms with E-state index in [9.17, 15) is 29.4 Å². The summed E-state index contributed by atoms with van der Waals surface area (Å²) in [5, 5.41) is 28.8. The number of amides is 3. The summed E-state index contributed by atoms with van der Waals surface area (Å²) < 4.78 is 5.32. The first-order chi connectivity index (χ1) is 17.1. The Morgan fingerprint density at radius 2 is 2.00 bits per heavy atom. The van der Waals surface area contributed by atoms with Crippen LogP contribution in [0.4, 0.5) is 0 Å². The Bertz CT molecular complexity index is 1250. The van der Waals surface area contributed by atoms with Crippen LogP contribution in [0.2, 0.25) is 0 Å². The van der Waals surface area contributed by atoms with Crippen LogP contribution >= 0.6 is 23.5 Å². The molecule has 2 aliphatic rings. The van der Waals surface area contributed by atoms with Crippen molar-refractivity contribution in [2.45, 2.75) is 22.7 Å². The molecule has 36 heavy (non-hydrogen) atoms. The molecule has 3 atom stereocenters. The first kappa shape index (κ1) is 25.5. The number of fused-ring (bicyclic) bond motifs is 1. The number of rotatable bonds is 8. The second kappa shape index (κ2) is 10.2. The van der Waals surface area contributed by atoms with Gasteiger partial charge < -0.3 is 30.6 Å². The molecule has 0 spiro atoms. The molecule has 1 aromatic carbocycles. The van der Waals surface area contributed by atoms with Crippen LogP contribution in [0.5, 0.6) is 5.75 Å². The SMILES string of the molecule is CN(C)C(=O)c1nnc(SCC2=C(C(=O)O)N3C(=O)C(NC(=O)C(N)c4ccc(O)cc4)[C@@H]3SC2)o1. The molecule has 3 amide bonds. The molecular weight excluding hydrogens is 512 g/mol. The molecule has 4 rings (SSSR count). The van der Waals surface area contributed by atoms with Gasteiger partial charge in [0.2, 0.25) is 5.91 Å². The smallest absolute Gasteiger partial charge is 0.352 e.